The Balaban J connectivity index is 1.50. The van der Waals surface area contributed by atoms with E-state index in [-0.39, 0.29) is 6.29 Å². The van der Waals surface area contributed by atoms with Crippen LogP contribution in [0.1, 0.15) is 38.2 Å². The Hall–Kier alpha value is -0.900. The molecule has 1 heterocycles. The molecule has 0 radical (unpaired) electrons. The van der Waals surface area contributed by atoms with Crippen molar-refractivity contribution in [2.75, 3.05) is 19.8 Å². The zero-order chi connectivity index (χ0) is 14.0. The molecule has 2 atom stereocenters. The highest BCUT2D eigenvalue weighted by Crippen LogP contribution is 2.15. The molecule has 1 aliphatic rings. The molecule has 1 aromatic rings. The molecule has 1 unspecified atom stereocenters. The summed E-state index contributed by atoms with van der Waals surface area (Å²) in [6.07, 6.45) is 4.48. The van der Waals surface area contributed by atoms with Crippen LogP contribution >= 0.6 is 0 Å². The van der Waals surface area contributed by atoms with Gasteiger partial charge in [-0.3, -0.25) is 0 Å². The number of rotatable bonds is 8. The average molecular weight is 278 g/mol. The molecule has 0 bridgehead atoms. The van der Waals surface area contributed by atoms with Crippen molar-refractivity contribution < 1.29 is 14.2 Å². The maximum absolute atomic E-state index is 5.78. The molecule has 0 aliphatic carbocycles. The third-order valence-electron chi connectivity index (χ3n) is 3.57. The SMILES string of the molecule is C[C@@H](CCOCc1ccccc1)COC1CCCCO1. The zero-order valence-electron chi connectivity index (χ0n) is 12.4. The first-order valence-corrected chi connectivity index (χ1v) is 7.69. The van der Waals surface area contributed by atoms with Crippen LogP contribution in [0.25, 0.3) is 0 Å². The lowest BCUT2D eigenvalue weighted by molar-refractivity contribution is -0.169. The van der Waals surface area contributed by atoms with Gasteiger partial charge in [0.1, 0.15) is 0 Å². The molecule has 0 N–H and O–H groups in total. The molecule has 1 aliphatic heterocycles. The van der Waals surface area contributed by atoms with Gasteiger partial charge in [0, 0.05) is 13.2 Å². The predicted molar refractivity (Wildman–Crippen MR) is 79.4 cm³/mol. The summed E-state index contributed by atoms with van der Waals surface area (Å²) in [5.74, 6) is 0.510. The second-order valence-electron chi connectivity index (χ2n) is 5.56. The molecule has 112 valence electrons. The molecule has 0 aromatic heterocycles. The Morgan fingerprint density at radius 1 is 1.25 bits per heavy atom. The van der Waals surface area contributed by atoms with Crippen LogP contribution in [0.3, 0.4) is 0 Å². The second kappa shape index (κ2) is 9.11. The largest absolute Gasteiger partial charge is 0.377 e. The Morgan fingerprint density at radius 3 is 2.85 bits per heavy atom. The van der Waals surface area contributed by atoms with Gasteiger partial charge in [0.25, 0.3) is 0 Å². The third-order valence-corrected chi connectivity index (χ3v) is 3.57. The number of ether oxygens (including phenoxy) is 3. The topological polar surface area (TPSA) is 27.7 Å². The number of hydrogen-bond acceptors (Lipinski definition) is 3. The fraction of sp³-hybridized carbons (Fsp3) is 0.647. The highest BCUT2D eigenvalue weighted by molar-refractivity contribution is 5.13. The van der Waals surface area contributed by atoms with Crippen LogP contribution in [0.5, 0.6) is 0 Å². The van der Waals surface area contributed by atoms with Crippen molar-refractivity contribution in [3.8, 4) is 0 Å². The summed E-state index contributed by atoms with van der Waals surface area (Å²) in [5.41, 5.74) is 1.23. The predicted octanol–water partition coefficient (Wildman–Crippen LogP) is 3.77. The fourth-order valence-electron chi connectivity index (χ4n) is 2.25. The normalized spacial score (nSPS) is 20.8. The molecule has 0 spiro atoms. The molecule has 1 saturated heterocycles. The van der Waals surface area contributed by atoms with Crippen LogP contribution in [-0.4, -0.2) is 26.1 Å². The van der Waals surface area contributed by atoms with Gasteiger partial charge in [-0.05, 0) is 37.2 Å². The fourth-order valence-corrected chi connectivity index (χ4v) is 2.25. The Morgan fingerprint density at radius 2 is 2.10 bits per heavy atom. The molecule has 0 saturated carbocycles. The van der Waals surface area contributed by atoms with Crippen LogP contribution in [0.15, 0.2) is 30.3 Å². The highest BCUT2D eigenvalue weighted by Gasteiger charge is 2.15. The summed E-state index contributed by atoms with van der Waals surface area (Å²) < 4.78 is 17.0. The first-order chi connectivity index (χ1) is 9.84. The van der Waals surface area contributed by atoms with Crippen molar-refractivity contribution in [2.24, 2.45) is 5.92 Å². The molecule has 3 nitrogen and oxygen atoms in total. The zero-order valence-corrected chi connectivity index (χ0v) is 12.4. The number of hydrogen-bond donors (Lipinski definition) is 0. The van der Waals surface area contributed by atoms with Crippen LogP contribution < -0.4 is 0 Å². The van der Waals surface area contributed by atoms with Crippen molar-refractivity contribution in [3.63, 3.8) is 0 Å². The van der Waals surface area contributed by atoms with E-state index in [1.807, 2.05) is 18.2 Å². The molecule has 0 amide bonds. The molecule has 20 heavy (non-hydrogen) atoms. The Bertz CT molecular complexity index is 347. The standard InChI is InChI=1S/C17H26O3/c1-15(13-20-17-9-5-6-11-19-17)10-12-18-14-16-7-3-2-4-8-16/h2-4,7-8,15,17H,5-6,9-14H2,1H3/t15-,17?/m0/s1. The summed E-state index contributed by atoms with van der Waals surface area (Å²) in [7, 11) is 0. The van der Waals surface area contributed by atoms with Crippen LogP contribution in [-0.2, 0) is 20.8 Å². The lowest BCUT2D eigenvalue weighted by Crippen LogP contribution is -2.24. The Kier molecular flexibility index (Phi) is 7.06. The summed E-state index contributed by atoms with van der Waals surface area (Å²) in [4.78, 5) is 0. The molecular weight excluding hydrogens is 252 g/mol. The van der Waals surface area contributed by atoms with Crippen LogP contribution in [0.4, 0.5) is 0 Å². The summed E-state index contributed by atoms with van der Waals surface area (Å²) in [5, 5.41) is 0. The minimum atomic E-state index is 0.0245. The second-order valence-corrected chi connectivity index (χ2v) is 5.56. The van der Waals surface area contributed by atoms with E-state index in [2.05, 4.69) is 19.1 Å². The van der Waals surface area contributed by atoms with Crippen molar-refractivity contribution in [1.82, 2.24) is 0 Å². The van der Waals surface area contributed by atoms with Crippen molar-refractivity contribution in [3.05, 3.63) is 35.9 Å². The van der Waals surface area contributed by atoms with Gasteiger partial charge in [-0.25, -0.2) is 0 Å². The van der Waals surface area contributed by atoms with E-state index < -0.39 is 0 Å². The van der Waals surface area contributed by atoms with E-state index in [4.69, 9.17) is 14.2 Å². The smallest absolute Gasteiger partial charge is 0.157 e. The minimum absolute atomic E-state index is 0.0245. The van der Waals surface area contributed by atoms with E-state index in [9.17, 15) is 0 Å². The molecule has 3 heteroatoms. The van der Waals surface area contributed by atoms with Gasteiger partial charge >= 0.3 is 0 Å². The van der Waals surface area contributed by atoms with E-state index in [0.717, 1.165) is 32.7 Å². The Labute approximate surface area is 122 Å². The lowest BCUT2D eigenvalue weighted by Gasteiger charge is -2.24. The molecule has 2 rings (SSSR count). The monoisotopic (exact) mass is 278 g/mol. The molecule has 1 fully saturated rings. The van der Waals surface area contributed by atoms with Gasteiger partial charge in [-0.15, -0.1) is 0 Å². The van der Waals surface area contributed by atoms with Crippen molar-refractivity contribution >= 4 is 0 Å². The maximum Gasteiger partial charge on any atom is 0.157 e. The molecular formula is C17H26O3. The minimum Gasteiger partial charge on any atom is -0.377 e. The van der Waals surface area contributed by atoms with Gasteiger partial charge in [-0.2, -0.15) is 0 Å². The highest BCUT2D eigenvalue weighted by atomic mass is 16.7. The van der Waals surface area contributed by atoms with Gasteiger partial charge in [0.2, 0.25) is 0 Å². The maximum atomic E-state index is 5.78. The van der Waals surface area contributed by atoms with E-state index in [1.54, 1.807) is 0 Å². The van der Waals surface area contributed by atoms with Crippen molar-refractivity contribution in [2.45, 2.75) is 45.5 Å². The first kappa shape index (κ1) is 15.5. The van der Waals surface area contributed by atoms with Crippen molar-refractivity contribution in [1.29, 1.82) is 0 Å². The van der Waals surface area contributed by atoms with E-state index in [0.29, 0.717) is 12.5 Å². The van der Waals surface area contributed by atoms with Gasteiger partial charge in [0.15, 0.2) is 6.29 Å². The van der Waals surface area contributed by atoms with E-state index >= 15 is 0 Å². The average Bonchev–Trinajstić information content (AvgIpc) is 2.52. The lowest BCUT2D eigenvalue weighted by atomic mass is 10.1. The van der Waals surface area contributed by atoms with E-state index in [1.165, 1.54) is 18.4 Å². The van der Waals surface area contributed by atoms with Crippen LogP contribution in [0, 0.1) is 5.92 Å². The summed E-state index contributed by atoms with van der Waals surface area (Å²) in [6.45, 7) is 5.29. The van der Waals surface area contributed by atoms with Crippen LogP contribution in [0.2, 0.25) is 0 Å². The summed E-state index contributed by atoms with van der Waals surface area (Å²) in [6, 6.07) is 10.3. The van der Waals surface area contributed by atoms with Gasteiger partial charge in [0.05, 0.1) is 13.2 Å². The first-order valence-electron chi connectivity index (χ1n) is 7.69. The summed E-state index contributed by atoms with van der Waals surface area (Å²) >= 11 is 0. The van der Waals surface area contributed by atoms with Gasteiger partial charge < -0.3 is 14.2 Å². The molecule has 1 aromatic carbocycles. The van der Waals surface area contributed by atoms with Gasteiger partial charge in [-0.1, -0.05) is 37.3 Å². The number of benzene rings is 1. The third kappa shape index (κ3) is 6.04. The quantitative estimate of drug-likeness (QED) is 0.677.